The monoisotopic (exact) mass is 268 g/mol. The quantitative estimate of drug-likeness (QED) is 0.459. The van der Waals surface area contributed by atoms with Crippen molar-refractivity contribution in [2.24, 2.45) is 0 Å². The molecule has 0 spiro atoms. The van der Waals surface area contributed by atoms with Gasteiger partial charge in [-0.05, 0) is 55.4 Å². The van der Waals surface area contributed by atoms with E-state index in [4.69, 9.17) is 9.47 Å². The summed E-state index contributed by atoms with van der Waals surface area (Å²) in [4.78, 5) is 11.9. The number of para-hydroxylation sites is 1. The first-order valence-electron chi connectivity index (χ1n) is 7.16. The molecular weight excluding hydrogens is 252 g/mol. The molecule has 4 rings (SSSR count). The van der Waals surface area contributed by atoms with Gasteiger partial charge < -0.3 is 9.47 Å². The summed E-state index contributed by atoms with van der Waals surface area (Å²) in [6.07, 6.45) is 4.81. The van der Waals surface area contributed by atoms with Crippen molar-refractivity contribution >= 4 is 6.16 Å². The maximum Gasteiger partial charge on any atom is 0.514 e. The smallest absolute Gasteiger partial charge is 0.422 e. The molecule has 0 saturated heterocycles. The van der Waals surface area contributed by atoms with Crippen LogP contribution in [0.5, 0.6) is 5.75 Å². The Morgan fingerprint density at radius 1 is 0.950 bits per heavy atom. The normalized spacial score (nSPS) is 20.6. The summed E-state index contributed by atoms with van der Waals surface area (Å²) in [6.45, 7) is 0. The summed E-state index contributed by atoms with van der Waals surface area (Å²) in [5.74, 6) is 0.527. The molecule has 1 aromatic rings. The Bertz CT molecular complexity index is 597. The molecule has 3 aliphatic carbocycles. The number of allylic oxidation sites excluding steroid dienone is 2. The SMILES string of the molecule is O=C(Oc1ccccc1)OC1C2=C3CCC(=C1CC2)C3. The summed E-state index contributed by atoms with van der Waals surface area (Å²) in [5.41, 5.74) is 5.68. The number of benzene rings is 1. The van der Waals surface area contributed by atoms with Crippen molar-refractivity contribution in [3.8, 4) is 5.75 Å². The Hall–Kier alpha value is -2.03. The van der Waals surface area contributed by atoms with E-state index in [0.29, 0.717) is 5.75 Å². The molecule has 0 aliphatic heterocycles. The fraction of sp³-hybridized carbons (Fsp3) is 0.353. The summed E-state index contributed by atoms with van der Waals surface area (Å²) < 4.78 is 10.8. The second-order valence-electron chi connectivity index (χ2n) is 5.60. The van der Waals surface area contributed by atoms with Crippen molar-refractivity contribution in [2.45, 2.75) is 38.2 Å². The van der Waals surface area contributed by atoms with Crippen molar-refractivity contribution in [1.82, 2.24) is 0 Å². The van der Waals surface area contributed by atoms with Crippen LogP contribution in [0.25, 0.3) is 0 Å². The average molecular weight is 268 g/mol. The van der Waals surface area contributed by atoms with Crippen LogP contribution in [0.2, 0.25) is 0 Å². The van der Waals surface area contributed by atoms with Crippen LogP contribution in [0.3, 0.4) is 0 Å². The van der Waals surface area contributed by atoms with Gasteiger partial charge in [0, 0.05) is 0 Å². The molecule has 3 heteroatoms. The number of hydrogen-bond donors (Lipinski definition) is 0. The molecule has 1 aromatic carbocycles. The highest BCUT2D eigenvalue weighted by atomic mass is 16.7. The lowest BCUT2D eigenvalue weighted by molar-refractivity contribution is 0.0850. The third-order valence-corrected chi connectivity index (χ3v) is 4.52. The second-order valence-corrected chi connectivity index (χ2v) is 5.60. The van der Waals surface area contributed by atoms with Crippen LogP contribution < -0.4 is 4.74 Å². The van der Waals surface area contributed by atoms with E-state index in [2.05, 4.69) is 0 Å². The molecule has 0 radical (unpaired) electrons. The number of hydrogen-bond acceptors (Lipinski definition) is 3. The molecule has 2 saturated carbocycles. The van der Waals surface area contributed by atoms with Crippen molar-refractivity contribution < 1.29 is 14.3 Å². The Labute approximate surface area is 117 Å². The Balaban J connectivity index is 1.51. The van der Waals surface area contributed by atoms with Gasteiger partial charge >= 0.3 is 6.16 Å². The third kappa shape index (κ3) is 1.85. The lowest BCUT2D eigenvalue weighted by atomic mass is 9.96. The van der Waals surface area contributed by atoms with Gasteiger partial charge in [0.2, 0.25) is 0 Å². The summed E-state index contributed by atoms with van der Waals surface area (Å²) in [6, 6.07) is 9.06. The molecule has 0 heterocycles. The summed E-state index contributed by atoms with van der Waals surface area (Å²) in [7, 11) is 0. The van der Waals surface area contributed by atoms with E-state index >= 15 is 0 Å². The van der Waals surface area contributed by atoms with Gasteiger partial charge in [-0.2, -0.15) is 0 Å². The van der Waals surface area contributed by atoms with Gasteiger partial charge in [-0.15, -0.1) is 0 Å². The minimum absolute atomic E-state index is 0.132. The minimum Gasteiger partial charge on any atom is -0.422 e. The van der Waals surface area contributed by atoms with Crippen LogP contribution >= 0.6 is 0 Å². The van der Waals surface area contributed by atoms with Gasteiger partial charge in [0.25, 0.3) is 0 Å². The predicted molar refractivity (Wildman–Crippen MR) is 74.5 cm³/mol. The maximum absolute atomic E-state index is 11.9. The topological polar surface area (TPSA) is 35.5 Å². The Morgan fingerprint density at radius 3 is 2.25 bits per heavy atom. The zero-order valence-electron chi connectivity index (χ0n) is 11.2. The molecule has 0 atom stereocenters. The highest BCUT2D eigenvalue weighted by Crippen LogP contribution is 2.50. The van der Waals surface area contributed by atoms with E-state index in [0.717, 1.165) is 32.1 Å². The van der Waals surface area contributed by atoms with Crippen LogP contribution in [0.15, 0.2) is 52.6 Å². The highest BCUT2D eigenvalue weighted by Gasteiger charge is 2.40. The van der Waals surface area contributed by atoms with Crippen LogP contribution in [0, 0.1) is 0 Å². The molecule has 0 amide bonds. The van der Waals surface area contributed by atoms with E-state index in [1.165, 1.54) is 22.3 Å². The van der Waals surface area contributed by atoms with Crippen molar-refractivity contribution in [3.05, 3.63) is 52.6 Å². The summed E-state index contributed by atoms with van der Waals surface area (Å²) in [5, 5.41) is 0. The van der Waals surface area contributed by atoms with E-state index in [-0.39, 0.29) is 6.10 Å². The lowest BCUT2D eigenvalue weighted by Gasteiger charge is -2.21. The molecular formula is C17H16O3. The Morgan fingerprint density at radius 2 is 1.60 bits per heavy atom. The van der Waals surface area contributed by atoms with E-state index < -0.39 is 6.16 Å². The van der Waals surface area contributed by atoms with Crippen molar-refractivity contribution in [2.75, 3.05) is 0 Å². The molecule has 4 bridgehead atoms. The molecule has 20 heavy (non-hydrogen) atoms. The van der Waals surface area contributed by atoms with Gasteiger partial charge in [-0.25, -0.2) is 4.79 Å². The zero-order chi connectivity index (χ0) is 13.5. The average Bonchev–Trinajstić information content (AvgIpc) is 2.97. The van der Waals surface area contributed by atoms with Crippen LogP contribution in [0.4, 0.5) is 4.79 Å². The first-order valence-corrected chi connectivity index (χ1v) is 7.16. The molecule has 102 valence electrons. The second kappa shape index (κ2) is 4.51. The zero-order valence-corrected chi connectivity index (χ0v) is 11.2. The van der Waals surface area contributed by atoms with Gasteiger partial charge in [0.05, 0.1) is 0 Å². The molecule has 0 N–H and O–H groups in total. The highest BCUT2D eigenvalue weighted by molar-refractivity contribution is 5.66. The van der Waals surface area contributed by atoms with Crippen molar-refractivity contribution in [1.29, 1.82) is 0 Å². The van der Waals surface area contributed by atoms with Gasteiger partial charge in [-0.3, -0.25) is 0 Å². The number of carbonyl (C=O) groups is 1. The number of fused-ring (bicyclic) bond motifs is 4. The first-order chi connectivity index (χ1) is 9.81. The van der Waals surface area contributed by atoms with E-state index in [1.807, 2.05) is 18.2 Å². The van der Waals surface area contributed by atoms with E-state index in [9.17, 15) is 4.79 Å². The number of rotatable bonds is 2. The fourth-order valence-corrected chi connectivity index (χ4v) is 3.60. The van der Waals surface area contributed by atoms with Gasteiger partial charge in [-0.1, -0.05) is 29.3 Å². The molecule has 0 aromatic heterocycles. The largest absolute Gasteiger partial charge is 0.514 e. The third-order valence-electron chi connectivity index (χ3n) is 4.52. The molecule has 2 fully saturated rings. The summed E-state index contributed by atoms with van der Waals surface area (Å²) >= 11 is 0. The number of carbonyl (C=O) groups excluding carboxylic acids is 1. The molecule has 0 unspecified atom stereocenters. The maximum atomic E-state index is 11.9. The van der Waals surface area contributed by atoms with Crippen LogP contribution in [-0.4, -0.2) is 12.3 Å². The van der Waals surface area contributed by atoms with E-state index in [1.54, 1.807) is 12.1 Å². The van der Waals surface area contributed by atoms with Gasteiger partial charge in [0.15, 0.2) is 0 Å². The standard InChI is InChI=1S/C17H16O3/c18-17(19-13-4-2-1-3-5-13)20-16-14-8-9-15(16)12-7-6-11(14)10-12/h1-5,16H,6-10H2. The van der Waals surface area contributed by atoms with Crippen LogP contribution in [-0.2, 0) is 4.74 Å². The lowest BCUT2D eigenvalue weighted by Crippen LogP contribution is -2.23. The minimum atomic E-state index is -0.597. The molecule has 3 nitrogen and oxygen atoms in total. The Kier molecular flexibility index (Phi) is 2.66. The van der Waals surface area contributed by atoms with Crippen molar-refractivity contribution in [3.63, 3.8) is 0 Å². The van der Waals surface area contributed by atoms with Gasteiger partial charge in [0.1, 0.15) is 11.9 Å². The molecule has 3 aliphatic rings. The predicted octanol–water partition coefficient (Wildman–Crippen LogP) is 4.16. The fourth-order valence-electron chi connectivity index (χ4n) is 3.60. The number of ether oxygens (including phenoxy) is 2. The van der Waals surface area contributed by atoms with Crippen LogP contribution in [0.1, 0.15) is 32.1 Å². The first kappa shape index (κ1) is 11.8.